The fraction of sp³-hybridized carbons (Fsp3) is 0. The number of halogens is 1. The molecule has 5 nitrogen and oxygen atoms in total. The van der Waals surface area contributed by atoms with Crippen LogP contribution in [0.4, 0.5) is 5.69 Å². The van der Waals surface area contributed by atoms with Crippen molar-refractivity contribution >= 4 is 23.3 Å². The van der Waals surface area contributed by atoms with Crippen LogP contribution in [0.1, 0.15) is 10.4 Å². The largest absolute Gasteiger partial charge is 0.478 e. The standard InChI is InChI=1S/C13H8ClNO4/c14-10-6-2-1-4-8(10)12-9(13(16)17)5-3-7-11(12)15(18)19/h1-7H,(H,16,17). The molecule has 96 valence electrons. The summed E-state index contributed by atoms with van der Waals surface area (Å²) in [7, 11) is 0. The molecule has 0 aliphatic carbocycles. The molecule has 1 N–H and O–H groups in total. The van der Waals surface area contributed by atoms with Crippen LogP contribution in [0.5, 0.6) is 0 Å². The Balaban J connectivity index is 2.83. The summed E-state index contributed by atoms with van der Waals surface area (Å²) < 4.78 is 0. The van der Waals surface area contributed by atoms with E-state index in [0.717, 1.165) is 0 Å². The summed E-state index contributed by atoms with van der Waals surface area (Å²) in [6, 6.07) is 10.3. The highest BCUT2D eigenvalue weighted by Gasteiger charge is 2.23. The summed E-state index contributed by atoms with van der Waals surface area (Å²) in [5.74, 6) is -1.24. The molecule has 0 heterocycles. The molecule has 19 heavy (non-hydrogen) atoms. The first-order valence-electron chi connectivity index (χ1n) is 5.28. The van der Waals surface area contributed by atoms with Gasteiger partial charge < -0.3 is 5.11 Å². The number of benzene rings is 2. The number of rotatable bonds is 3. The van der Waals surface area contributed by atoms with Crippen molar-refractivity contribution in [3.8, 4) is 11.1 Å². The second-order valence-electron chi connectivity index (χ2n) is 3.74. The topological polar surface area (TPSA) is 80.4 Å². The summed E-state index contributed by atoms with van der Waals surface area (Å²) in [4.78, 5) is 21.6. The lowest BCUT2D eigenvalue weighted by Gasteiger charge is -2.08. The van der Waals surface area contributed by atoms with Crippen molar-refractivity contribution in [2.45, 2.75) is 0 Å². The number of carboxylic acids is 1. The summed E-state index contributed by atoms with van der Waals surface area (Å²) in [5.41, 5.74) is -0.0882. The van der Waals surface area contributed by atoms with E-state index in [1.54, 1.807) is 24.3 Å². The Hall–Kier alpha value is -2.40. The molecule has 0 atom stereocenters. The zero-order valence-corrected chi connectivity index (χ0v) is 10.3. The lowest BCUT2D eigenvalue weighted by molar-refractivity contribution is -0.384. The molecule has 0 unspecified atom stereocenters. The van der Waals surface area contributed by atoms with Crippen molar-refractivity contribution in [3.05, 3.63) is 63.2 Å². The Labute approximate surface area is 113 Å². The van der Waals surface area contributed by atoms with E-state index in [-0.39, 0.29) is 21.8 Å². The molecular formula is C13H8ClNO4. The Kier molecular flexibility index (Phi) is 3.48. The van der Waals surface area contributed by atoms with Gasteiger partial charge in [0.1, 0.15) is 0 Å². The number of carbonyl (C=O) groups is 1. The quantitative estimate of drug-likeness (QED) is 0.686. The summed E-state index contributed by atoms with van der Waals surface area (Å²) in [5, 5.41) is 20.5. The van der Waals surface area contributed by atoms with E-state index < -0.39 is 10.9 Å². The predicted molar refractivity (Wildman–Crippen MR) is 70.5 cm³/mol. The number of carboxylic acid groups (broad SMARTS) is 1. The van der Waals surface area contributed by atoms with Gasteiger partial charge in [-0.15, -0.1) is 0 Å². The van der Waals surface area contributed by atoms with Crippen LogP contribution in [-0.2, 0) is 0 Å². The third kappa shape index (κ3) is 2.41. The average molecular weight is 278 g/mol. The third-order valence-corrected chi connectivity index (χ3v) is 2.94. The van der Waals surface area contributed by atoms with Crippen LogP contribution in [0, 0.1) is 10.1 Å². The minimum Gasteiger partial charge on any atom is -0.478 e. The van der Waals surface area contributed by atoms with E-state index in [9.17, 15) is 14.9 Å². The van der Waals surface area contributed by atoms with Gasteiger partial charge >= 0.3 is 5.97 Å². The van der Waals surface area contributed by atoms with Crippen LogP contribution < -0.4 is 0 Å². The lowest BCUT2D eigenvalue weighted by Crippen LogP contribution is -2.03. The lowest BCUT2D eigenvalue weighted by atomic mass is 9.97. The first kappa shape index (κ1) is 13.0. The zero-order chi connectivity index (χ0) is 14.0. The highest BCUT2D eigenvalue weighted by atomic mass is 35.5. The van der Waals surface area contributed by atoms with E-state index in [1.807, 2.05) is 0 Å². The highest BCUT2D eigenvalue weighted by Crippen LogP contribution is 2.37. The molecular weight excluding hydrogens is 270 g/mol. The predicted octanol–water partition coefficient (Wildman–Crippen LogP) is 3.61. The van der Waals surface area contributed by atoms with Crippen molar-refractivity contribution in [2.75, 3.05) is 0 Å². The smallest absolute Gasteiger partial charge is 0.336 e. The SMILES string of the molecule is O=C(O)c1cccc([N+](=O)[O-])c1-c1ccccc1Cl. The maximum absolute atomic E-state index is 11.2. The van der Waals surface area contributed by atoms with Crippen molar-refractivity contribution in [3.63, 3.8) is 0 Å². The molecule has 0 bridgehead atoms. The Bertz CT molecular complexity index is 637. The van der Waals surface area contributed by atoms with Crippen LogP contribution in [0.2, 0.25) is 5.02 Å². The van der Waals surface area contributed by atoms with Crippen LogP contribution in [0.25, 0.3) is 11.1 Å². The molecule has 0 radical (unpaired) electrons. The highest BCUT2D eigenvalue weighted by molar-refractivity contribution is 6.33. The van der Waals surface area contributed by atoms with Gasteiger partial charge in [0.2, 0.25) is 0 Å². The molecule has 0 saturated carbocycles. The van der Waals surface area contributed by atoms with Crippen molar-refractivity contribution in [2.24, 2.45) is 0 Å². The van der Waals surface area contributed by atoms with Crippen LogP contribution >= 0.6 is 11.6 Å². The van der Waals surface area contributed by atoms with Gasteiger partial charge in [-0.1, -0.05) is 35.9 Å². The van der Waals surface area contributed by atoms with E-state index in [1.165, 1.54) is 18.2 Å². The average Bonchev–Trinajstić information content (AvgIpc) is 2.38. The Morgan fingerprint density at radius 1 is 1.16 bits per heavy atom. The minimum atomic E-state index is -1.24. The van der Waals surface area contributed by atoms with E-state index in [4.69, 9.17) is 16.7 Å². The van der Waals surface area contributed by atoms with Crippen molar-refractivity contribution < 1.29 is 14.8 Å². The molecule has 0 aromatic heterocycles. The number of hydrogen-bond acceptors (Lipinski definition) is 3. The molecule has 0 saturated heterocycles. The molecule has 2 rings (SSSR count). The minimum absolute atomic E-state index is 0.0191. The summed E-state index contributed by atoms with van der Waals surface area (Å²) in [6.07, 6.45) is 0. The van der Waals surface area contributed by atoms with Crippen LogP contribution in [0.3, 0.4) is 0 Å². The van der Waals surface area contributed by atoms with Crippen LogP contribution in [-0.4, -0.2) is 16.0 Å². The first-order chi connectivity index (χ1) is 9.02. The van der Waals surface area contributed by atoms with Crippen molar-refractivity contribution in [1.29, 1.82) is 0 Å². The zero-order valence-electron chi connectivity index (χ0n) is 9.54. The third-order valence-electron chi connectivity index (χ3n) is 2.61. The number of aromatic carboxylic acids is 1. The Morgan fingerprint density at radius 3 is 2.42 bits per heavy atom. The molecule has 0 aliphatic rings. The van der Waals surface area contributed by atoms with Gasteiger partial charge in [-0.25, -0.2) is 4.79 Å². The normalized spacial score (nSPS) is 10.2. The molecule has 0 spiro atoms. The van der Waals surface area contributed by atoms with E-state index in [0.29, 0.717) is 5.56 Å². The van der Waals surface area contributed by atoms with Gasteiger partial charge in [-0.05, 0) is 12.1 Å². The second-order valence-corrected chi connectivity index (χ2v) is 4.15. The Morgan fingerprint density at radius 2 is 1.84 bits per heavy atom. The number of nitrogens with zero attached hydrogens (tertiary/aromatic N) is 1. The second kappa shape index (κ2) is 5.07. The fourth-order valence-corrected chi connectivity index (χ4v) is 2.05. The number of nitro groups is 1. The molecule has 6 heteroatoms. The molecule has 0 aliphatic heterocycles. The van der Waals surface area contributed by atoms with Gasteiger partial charge in [0.25, 0.3) is 5.69 Å². The number of nitro benzene ring substituents is 1. The molecule has 0 amide bonds. The van der Waals surface area contributed by atoms with Crippen LogP contribution in [0.15, 0.2) is 42.5 Å². The number of hydrogen-bond donors (Lipinski definition) is 1. The van der Waals surface area contributed by atoms with Crippen molar-refractivity contribution in [1.82, 2.24) is 0 Å². The van der Waals surface area contributed by atoms with Gasteiger partial charge in [0.15, 0.2) is 0 Å². The van der Waals surface area contributed by atoms with Gasteiger partial charge in [0, 0.05) is 16.7 Å². The van der Waals surface area contributed by atoms with Gasteiger partial charge in [-0.2, -0.15) is 0 Å². The molecule has 0 fully saturated rings. The van der Waals surface area contributed by atoms with E-state index in [2.05, 4.69) is 0 Å². The molecule has 2 aromatic carbocycles. The monoisotopic (exact) mass is 277 g/mol. The summed E-state index contributed by atoms with van der Waals surface area (Å²) in [6.45, 7) is 0. The summed E-state index contributed by atoms with van der Waals surface area (Å²) >= 11 is 6.00. The van der Waals surface area contributed by atoms with Gasteiger partial charge in [0.05, 0.1) is 16.1 Å². The fourth-order valence-electron chi connectivity index (χ4n) is 1.82. The molecule has 2 aromatic rings. The maximum Gasteiger partial charge on any atom is 0.336 e. The first-order valence-corrected chi connectivity index (χ1v) is 5.65. The van der Waals surface area contributed by atoms with Gasteiger partial charge in [-0.3, -0.25) is 10.1 Å². The maximum atomic E-state index is 11.2. The van der Waals surface area contributed by atoms with E-state index >= 15 is 0 Å².